The molecule has 0 bridgehead atoms. The second-order valence-electron chi connectivity index (χ2n) is 2.27. The van der Waals surface area contributed by atoms with Gasteiger partial charge in [0.15, 0.2) is 5.75 Å². The van der Waals surface area contributed by atoms with E-state index in [1.54, 1.807) is 25.3 Å². The summed E-state index contributed by atoms with van der Waals surface area (Å²) in [5, 5.41) is 8.58. The predicted octanol–water partition coefficient (Wildman–Crippen LogP) is 0.341. The van der Waals surface area contributed by atoms with Gasteiger partial charge in [-0.3, -0.25) is 0 Å². The highest BCUT2D eigenvalue weighted by Crippen LogP contribution is 2.36. The summed E-state index contributed by atoms with van der Waals surface area (Å²) in [5.41, 5.74) is 0. The fourth-order valence-electron chi connectivity index (χ4n) is 1.04. The number of rotatable bonds is 4. The maximum absolute atomic E-state index is 8.58. The lowest BCUT2D eigenvalue weighted by Crippen LogP contribution is -2.02. The highest BCUT2D eigenvalue weighted by atomic mass is 16.5. The number of ether oxygens (including phenoxy) is 2. The molecule has 0 saturated carbocycles. The predicted molar refractivity (Wildman–Crippen MR) is 49.5 cm³/mol. The van der Waals surface area contributed by atoms with Crippen LogP contribution in [0.2, 0.25) is 0 Å². The Hall–Kier alpha value is -1.36. The third-order valence-electron chi connectivity index (χ3n) is 1.59. The van der Waals surface area contributed by atoms with Crippen LogP contribution < -0.4 is 14.1 Å². The molecule has 1 rings (SSSR count). The largest absolute Gasteiger partial charge is 0.536 e. The van der Waals surface area contributed by atoms with Crippen molar-refractivity contribution in [2.75, 3.05) is 14.2 Å². The van der Waals surface area contributed by atoms with E-state index in [0.29, 0.717) is 17.2 Å². The van der Waals surface area contributed by atoms with Gasteiger partial charge in [-0.05, 0) is 12.1 Å². The van der Waals surface area contributed by atoms with Gasteiger partial charge in [-0.2, -0.15) is 0 Å². The van der Waals surface area contributed by atoms with E-state index < -0.39 is 0 Å². The lowest BCUT2D eigenvalue weighted by Gasteiger charge is -2.11. The number of benzene rings is 1. The van der Waals surface area contributed by atoms with Crippen LogP contribution in [0.25, 0.3) is 0 Å². The van der Waals surface area contributed by atoms with Gasteiger partial charge in [-0.15, -0.1) is 0 Å². The van der Waals surface area contributed by atoms with Gasteiger partial charge in [-0.1, -0.05) is 6.07 Å². The molecule has 70 valence electrons. The second kappa shape index (κ2) is 4.62. The van der Waals surface area contributed by atoms with E-state index in [4.69, 9.17) is 19.2 Å². The van der Waals surface area contributed by atoms with E-state index in [-0.39, 0.29) is 7.69 Å². The Morgan fingerprint density at radius 2 is 1.85 bits per heavy atom. The number of hydrogen-bond acceptors (Lipinski definition) is 4. The normalized spacial score (nSPS) is 9.15. The number of methoxy groups -OCH3 is 2. The second-order valence-corrected chi connectivity index (χ2v) is 2.27. The van der Waals surface area contributed by atoms with Crippen molar-refractivity contribution in [2.45, 2.75) is 0 Å². The molecule has 1 aromatic carbocycles. The first-order valence-electron chi connectivity index (χ1n) is 3.78. The molecule has 0 unspecified atom stereocenters. The van der Waals surface area contributed by atoms with Crippen LogP contribution in [0.1, 0.15) is 0 Å². The van der Waals surface area contributed by atoms with Gasteiger partial charge < -0.3 is 19.2 Å². The van der Waals surface area contributed by atoms with Crippen LogP contribution in [-0.2, 0) is 0 Å². The SMILES string of the molecule is COc1cccc(OBO)c1OC. The van der Waals surface area contributed by atoms with E-state index in [0.717, 1.165) is 0 Å². The summed E-state index contributed by atoms with van der Waals surface area (Å²) >= 11 is 0. The molecule has 1 aromatic rings. The monoisotopic (exact) mass is 182 g/mol. The van der Waals surface area contributed by atoms with Crippen molar-refractivity contribution in [2.24, 2.45) is 0 Å². The van der Waals surface area contributed by atoms with Crippen LogP contribution in [0.4, 0.5) is 0 Å². The minimum absolute atomic E-state index is 0.385. The van der Waals surface area contributed by atoms with Crippen molar-refractivity contribution in [1.29, 1.82) is 0 Å². The lowest BCUT2D eigenvalue weighted by molar-refractivity contribution is 0.339. The molecular formula is C8H11BO4. The van der Waals surface area contributed by atoms with Crippen LogP contribution in [0.3, 0.4) is 0 Å². The van der Waals surface area contributed by atoms with Crippen molar-refractivity contribution in [3.63, 3.8) is 0 Å². The third kappa shape index (κ3) is 2.06. The Morgan fingerprint density at radius 3 is 2.38 bits per heavy atom. The van der Waals surface area contributed by atoms with Gasteiger partial charge in [0.1, 0.15) is 5.75 Å². The Balaban J connectivity index is 3.03. The van der Waals surface area contributed by atoms with Crippen molar-refractivity contribution in [3.05, 3.63) is 18.2 Å². The minimum atomic E-state index is -0.385. The maximum atomic E-state index is 8.58. The first-order chi connectivity index (χ1) is 6.33. The van der Waals surface area contributed by atoms with E-state index in [1.165, 1.54) is 7.11 Å². The van der Waals surface area contributed by atoms with Gasteiger partial charge in [-0.25, -0.2) is 0 Å². The highest BCUT2D eigenvalue weighted by molar-refractivity contribution is 6.17. The molecule has 1 N–H and O–H groups in total. The van der Waals surface area contributed by atoms with E-state index in [1.807, 2.05) is 0 Å². The van der Waals surface area contributed by atoms with Gasteiger partial charge >= 0.3 is 7.69 Å². The van der Waals surface area contributed by atoms with Crippen molar-refractivity contribution < 1.29 is 19.2 Å². The zero-order valence-corrected chi connectivity index (χ0v) is 7.61. The van der Waals surface area contributed by atoms with E-state index >= 15 is 0 Å². The molecular weight excluding hydrogens is 171 g/mol. The Labute approximate surface area is 77.4 Å². The average Bonchev–Trinajstić information content (AvgIpc) is 2.18. The molecule has 0 spiro atoms. The van der Waals surface area contributed by atoms with Gasteiger partial charge in [0.05, 0.1) is 14.2 Å². The van der Waals surface area contributed by atoms with Crippen LogP contribution in [0.15, 0.2) is 18.2 Å². The molecule has 0 aliphatic rings. The summed E-state index contributed by atoms with van der Waals surface area (Å²) in [4.78, 5) is 0. The molecule has 5 heteroatoms. The highest BCUT2D eigenvalue weighted by Gasteiger charge is 2.09. The van der Waals surface area contributed by atoms with Crippen LogP contribution in [-0.4, -0.2) is 26.9 Å². The Bertz CT molecular complexity index is 277. The smallest absolute Gasteiger partial charge is 0.504 e. The summed E-state index contributed by atoms with van der Waals surface area (Å²) in [5.74, 6) is 1.52. The standard InChI is InChI=1S/C8H11BO4/c1-11-6-4-3-5-7(13-9-10)8(6)12-2/h3-5,9-10H,1-2H3. The molecule has 0 fully saturated rings. The Morgan fingerprint density at radius 1 is 1.15 bits per heavy atom. The van der Waals surface area contributed by atoms with Crippen LogP contribution in [0, 0.1) is 0 Å². The molecule has 0 amide bonds. The minimum Gasteiger partial charge on any atom is -0.536 e. The summed E-state index contributed by atoms with van der Waals surface area (Å²) in [6, 6.07) is 5.20. The summed E-state index contributed by atoms with van der Waals surface area (Å²) in [6.45, 7) is 0. The van der Waals surface area contributed by atoms with Gasteiger partial charge in [0, 0.05) is 0 Å². The molecule has 13 heavy (non-hydrogen) atoms. The zero-order valence-electron chi connectivity index (χ0n) is 7.61. The van der Waals surface area contributed by atoms with E-state index in [9.17, 15) is 0 Å². The average molecular weight is 182 g/mol. The molecule has 0 atom stereocenters. The summed E-state index contributed by atoms with van der Waals surface area (Å²) < 4.78 is 15.0. The first-order valence-corrected chi connectivity index (χ1v) is 3.78. The lowest BCUT2D eigenvalue weighted by atomic mass is 10.2. The summed E-state index contributed by atoms with van der Waals surface area (Å²) in [6.07, 6.45) is 0. The van der Waals surface area contributed by atoms with Crippen LogP contribution >= 0.6 is 0 Å². The summed E-state index contributed by atoms with van der Waals surface area (Å²) in [7, 11) is 2.67. The molecule has 0 radical (unpaired) electrons. The third-order valence-corrected chi connectivity index (χ3v) is 1.59. The quantitative estimate of drug-likeness (QED) is 0.682. The molecule has 0 aliphatic heterocycles. The fraction of sp³-hybridized carbons (Fsp3) is 0.250. The first kappa shape index (κ1) is 9.73. The van der Waals surface area contributed by atoms with Gasteiger partial charge in [0.25, 0.3) is 0 Å². The molecule has 0 aromatic heterocycles. The van der Waals surface area contributed by atoms with Gasteiger partial charge in [0.2, 0.25) is 5.75 Å². The molecule has 4 nitrogen and oxygen atoms in total. The molecule has 0 saturated heterocycles. The topological polar surface area (TPSA) is 47.9 Å². The number of hydrogen-bond donors (Lipinski definition) is 1. The van der Waals surface area contributed by atoms with Crippen molar-refractivity contribution in [1.82, 2.24) is 0 Å². The molecule has 0 aliphatic carbocycles. The maximum Gasteiger partial charge on any atom is 0.504 e. The fourth-order valence-corrected chi connectivity index (χ4v) is 1.04. The molecule has 0 heterocycles. The van der Waals surface area contributed by atoms with E-state index in [2.05, 4.69) is 0 Å². The van der Waals surface area contributed by atoms with Crippen molar-refractivity contribution >= 4 is 7.69 Å². The zero-order chi connectivity index (χ0) is 9.68. The number of para-hydroxylation sites is 1. The van der Waals surface area contributed by atoms with Crippen molar-refractivity contribution in [3.8, 4) is 17.2 Å². The van der Waals surface area contributed by atoms with Crippen LogP contribution in [0.5, 0.6) is 17.2 Å². The Kier molecular flexibility index (Phi) is 3.46.